The summed E-state index contributed by atoms with van der Waals surface area (Å²) in [6.07, 6.45) is 0. The predicted octanol–water partition coefficient (Wildman–Crippen LogP) is 3.14. The number of sulfonamides is 1. The summed E-state index contributed by atoms with van der Waals surface area (Å²) in [5.41, 5.74) is 1.66. The summed E-state index contributed by atoms with van der Waals surface area (Å²) in [5, 5.41) is 0.404. The first-order valence-electron chi connectivity index (χ1n) is 8.70. The lowest BCUT2D eigenvalue weighted by Crippen LogP contribution is -2.43. The topological polar surface area (TPSA) is 58.6 Å². The maximum Gasteiger partial charge on any atom is 0.240 e. The Labute approximate surface area is 164 Å². The van der Waals surface area contributed by atoms with Gasteiger partial charge in [-0.15, -0.1) is 0 Å². The molecule has 1 fully saturated rings. The van der Waals surface area contributed by atoms with E-state index in [2.05, 4.69) is 9.62 Å². The van der Waals surface area contributed by atoms with Crippen molar-refractivity contribution in [1.29, 1.82) is 0 Å². The molecule has 1 N–H and O–H groups in total. The van der Waals surface area contributed by atoms with E-state index in [0.717, 1.165) is 11.1 Å². The molecule has 2 aromatic carbocycles. The molecule has 1 aliphatic heterocycles. The summed E-state index contributed by atoms with van der Waals surface area (Å²) < 4.78 is 46.8. The van der Waals surface area contributed by atoms with Gasteiger partial charge in [-0.2, -0.15) is 0 Å². The van der Waals surface area contributed by atoms with Crippen molar-refractivity contribution < 1.29 is 17.5 Å². The van der Waals surface area contributed by atoms with Gasteiger partial charge in [-0.05, 0) is 42.3 Å². The number of benzene rings is 2. The van der Waals surface area contributed by atoms with Gasteiger partial charge in [-0.25, -0.2) is 17.5 Å². The van der Waals surface area contributed by atoms with Crippen LogP contribution in [0.25, 0.3) is 0 Å². The van der Waals surface area contributed by atoms with Gasteiger partial charge in [-0.3, -0.25) is 4.90 Å². The SMILES string of the molecule is Cc1ccc(S(=O)(=O)NCC(c2ccc(F)cc2)N2CCOCC2)cc1Cl. The van der Waals surface area contributed by atoms with E-state index in [-0.39, 0.29) is 23.3 Å². The summed E-state index contributed by atoms with van der Waals surface area (Å²) in [5.74, 6) is -0.325. The molecule has 0 aromatic heterocycles. The third-order valence-corrected chi connectivity index (χ3v) is 6.49. The van der Waals surface area contributed by atoms with Crippen molar-refractivity contribution in [2.75, 3.05) is 32.8 Å². The number of nitrogens with one attached hydrogen (secondary N) is 1. The van der Waals surface area contributed by atoms with Crippen LogP contribution in [0.5, 0.6) is 0 Å². The number of nitrogens with zero attached hydrogens (tertiary/aromatic N) is 1. The lowest BCUT2D eigenvalue weighted by Gasteiger charge is -2.34. The van der Waals surface area contributed by atoms with E-state index in [0.29, 0.717) is 31.3 Å². The van der Waals surface area contributed by atoms with Crippen LogP contribution in [-0.4, -0.2) is 46.2 Å². The highest BCUT2D eigenvalue weighted by Gasteiger charge is 2.25. The van der Waals surface area contributed by atoms with Gasteiger partial charge in [0.1, 0.15) is 5.82 Å². The largest absolute Gasteiger partial charge is 0.379 e. The van der Waals surface area contributed by atoms with Gasteiger partial charge >= 0.3 is 0 Å². The van der Waals surface area contributed by atoms with E-state index >= 15 is 0 Å². The minimum atomic E-state index is -3.72. The Morgan fingerprint density at radius 1 is 1.19 bits per heavy atom. The van der Waals surface area contributed by atoms with Crippen LogP contribution in [0, 0.1) is 12.7 Å². The lowest BCUT2D eigenvalue weighted by atomic mass is 10.0. The molecule has 27 heavy (non-hydrogen) atoms. The first-order chi connectivity index (χ1) is 12.9. The van der Waals surface area contributed by atoms with Crippen LogP contribution in [0.15, 0.2) is 47.4 Å². The zero-order chi connectivity index (χ0) is 19.4. The van der Waals surface area contributed by atoms with Crippen molar-refractivity contribution in [1.82, 2.24) is 9.62 Å². The van der Waals surface area contributed by atoms with Crippen molar-refractivity contribution in [2.24, 2.45) is 0 Å². The molecule has 1 unspecified atom stereocenters. The average molecular weight is 413 g/mol. The van der Waals surface area contributed by atoms with E-state index in [4.69, 9.17) is 16.3 Å². The highest BCUT2D eigenvalue weighted by Crippen LogP contribution is 2.24. The van der Waals surface area contributed by atoms with Gasteiger partial charge in [0.05, 0.1) is 18.1 Å². The highest BCUT2D eigenvalue weighted by molar-refractivity contribution is 7.89. The smallest absolute Gasteiger partial charge is 0.240 e. The molecule has 0 spiro atoms. The summed E-state index contributed by atoms with van der Waals surface area (Å²) >= 11 is 6.07. The molecule has 1 heterocycles. The Morgan fingerprint density at radius 2 is 1.85 bits per heavy atom. The van der Waals surface area contributed by atoms with Crippen LogP contribution in [0.2, 0.25) is 5.02 Å². The van der Waals surface area contributed by atoms with Crippen molar-refractivity contribution in [2.45, 2.75) is 17.9 Å². The first-order valence-corrected chi connectivity index (χ1v) is 10.6. The number of ether oxygens (including phenoxy) is 1. The zero-order valence-corrected chi connectivity index (χ0v) is 16.6. The van der Waals surface area contributed by atoms with Gasteiger partial charge in [0.25, 0.3) is 0 Å². The molecule has 146 valence electrons. The molecular weight excluding hydrogens is 391 g/mol. The quantitative estimate of drug-likeness (QED) is 0.791. The number of hydrogen-bond donors (Lipinski definition) is 1. The second-order valence-corrected chi connectivity index (χ2v) is 8.65. The molecule has 0 radical (unpaired) electrons. The Bertz CT molecular complexity index is 884. The van der Waals surface area contributed by atoms with Gasteiger partial charge in [-0.1, -0.05) is 29.8 Å². The Balaban J connectivity index is 1.80. The fourth-order valence-corrected chi connectivity index (χ4v) is 4.35. The molecule has 1 atom stereocenters. The molecule has 8 heteroatoms. The maximum absolute atomic E-state index is 13.3. The number of morpholine rings is 1. The molecule has 0 saturated carbocycles. The van der Waals surface area contributed by atoms with E-state index in [1.54, 1.807) is 18.2 Å². The third kappa shape index (κ3) is 5.06. The fourth-order valence-electron chi connectivity index (χ4n) is 3.04. The van der Waals surface area contributed by atoms with Gasteiger partial charge < -0.3 is 4.74 Å². The van der Waals surface area contributed by atoms with Crippen LogP contribution < -0.4 is 4.72 Å². The van der Waals surface area contributed by atoms with Gasteiger partial charge in [0, 0.05) is 30.7 Å². The summed E-state index contributed by atoms with van der Waals surface area (Å²) in [4.78, 5) is 2.26. The normalized spacial score (nSPS) is 17.0. The summed E-state index contributed by atoms with van der Waals surface area (Å²) in [6, 6.07) is 10.6. The Kier molecular flexibility index (Phi) is 6.49. The number of hydrogen-bond acceptors (Lipinski definition) is 4. The minimum absolute atomic E-state index is 0.123. The maximum atomic E-state index is 13.3. The van der Waals surface area contributed by atoms with Gasteiger partial charge in [0.2, 0.25) is 10.0 Å². The molecule has 0 amide bonds. The highest BCUT2D eigenvalue weighted by atomic mass is 35.5. The minimum Gasteiger partial charge on any atom is -0.379 e. The average Bonchev–Trinajstić information content (AvgIpc) is 2.66. The second-order valence-electron chi connectivity index (χ2n) is 6.48. The van der Waals surface area contributed by atoms with Crippen molar-refractivity contribution in [3.63, 3.8) is 0 Å². The number of rotatable bonds is 6. The monoisotopic (exact) mass is 412 g/mol. The standard InChI is InChI=1S/C19H22ClFN2O3S/c1-14-2-7-17(12-18(14)20)27(24,25)22-13-19(23-8-10-26-11-9-23)15-3-5-16(21)6-4-15/h2-7,12,19,22H,8-11,13H2,1H3. The van der Waals surface area contributed by atoms with Crippen molar-refractivity contribution >= 4 is 21.6 Å². The van der Waals surface area contributed by atoms with Gasteiger partial charge in [0.15, 0.2) is 0 Å². The van der Waals surface area contributed by atoms with E-state index in [9.17, 15) is 12.8 Å². The van der Waals surface area contributed by atoms with E-state index in [1.807, 2.05) is 6.92 Å². The predicted molar refractivity (Wildman–Crippen MR) is 103 cm³/mol. The Morgan fingerprint density at radius 3 is 2.48 bits per heavy atom. The van der Waals surface area contributed by atoms with E-state index in [1.165, 1.54) is 24.3 Å². The summed E-state index contributed by atoms with van der Waals surface area (Å²) in [6.45, 7) is 4.50. The molecule has 5 nitrogen and oxygen atoms in total. The third-order valence-electron chi connectivity index (χ3n) is 4.66. The van der Waals surface area contributed by atoms with Crippen LogP contribution in [0.4, 0.5) is 4.39 Å². The van der Waals surface area contributed by atoms with Crippen LogP contribution >= 0.6 is 11.6 Å². The van der Waals surface area contributed by atoms with Crippen LogP contribution in [0.1, 0.15) is 17.2 Å². The molecule has 0 bridgehead atoms. The van der Waals surface area contributed by atoms with Crippen molar-refractivity contribution in [3.8, 4) is 0 Å². The molecule has 1 aliphatic rings. The molecule has 3 rings (SSSR count). The first kappa shape index (κ1) is 20.2. The zero-order valence-electron chi connectivity index (χ0n) is 15.0. The van der Waals surface area contributed by atoms with E-state index < -0.39 is 10.0 Å². The molecule has 1 saturated heterocycles. The number of aryl methyl sites for hydroxylation is 1. The lowest BCUT2D eigenvalue weighted by molar-refractivity contribution is 0.0172. The summed E-state index contributed by atoms with van der Waals surface area (Å²) in [7, 11) is -3.72. The van der Waals surface area contributed by atoms with Crippen LogP contribution in [-0.2, 0) is 14.8 Å². The number of halogens is 2. The fraction of sp³-hybridized carbons (Fsp3) is 0.368. The molecule has 0 aliphatic carbocycles. The molecular formula is C19H22ClFN2O3S. The molecule has 2 aromatic rings. The second kappa shape index (κ2) is 8.67. The van der Waals surface area contributed by atoms with Crippen molar-refractivity contribution in [3.05, 3.63) is 64.4 Å². The van der Waals surface area contributed by atoms with Crippen LogP contribution in [0.3, 0.4) is 0 Å². The Hall–Kier alpha value is -1.51.